The molecule has 0 radical (unpaired) electrons. The van der Waals surface area contributed by atoms with Crippen molar-refractivity contribution >= 4 is 16.8 Å². The van der Waals surface area contributed by atoms with Crippen LogP contribution in [0, 0.1) is 20.8 Å². The van der Waals surface area contributed by atoms with Crippen LogP contribution in [0.2, 0.25) is 0 Å². The van der Waals surface area contributed by atoms with Crippen molar-refractivity contribution in [1.82, 2.24) is 10.3 Å². The molecular formula is C20H20N2O. The van der Waals surface area contributed by atoms with E-state index < -0.39 is 0 Å². The molecule has 3 aromatic rings. The van der Waals surface area contributed by atoms with Gasteiger partial charge in [0, 0.05) is 17.6 Å². The third-order valence-corrected chi connectivity index (χ3v) is 3.87. The van der Waals surface area contributed by atoms with Crippen LogP contribution in [0.25, 0.3) is 10.9 Å². The second kappa shape index (κ2) is 6.21. The molecule has 2 aromatic carbocycles. The largest absolute Gasteiger partial charge is 0.348 e. The molecule has 0 saturated carbocycles. The third-order valence-electron chi connectivity index (χ3n) is 3.87. The molecule has 0 saturated heterocycles. The van der Waals surface area contributed by atoms with E-state index in [2.05, 4.69) is 16.4 Å². The first kappa shape index (κ1) is 15.2. The lowest BCUT2D eigenvalue weighted by Gasteiger charge is -2.10. The first-order chi connectivity index (χ1) is 11.0. The molecule has 3 rings (SSSR count). The summed E-state index contributed by atoms with van der Waals surface area (Å²) in [7, 11) is 0. The zero-order valence-corrected chi connectivity index (χ0v) is 13.7. The van der Waals surface area contributed by atoms with Gasteiger partial charge in [0.25, 0.3) is 5.91 Å². The van der Waals surface area contributed by atoms with Gasteiger partial charge < -0.3 is 5.32 Å². The number of aryl methyl sites for hydroxylation is 3. The van der Waals surface area contributed by atoms with E-state index in [1.807, 2.05) is 63.2 Å². The van der Waals surface area contributed by atoms with E-state index in [0.717, 1.165) is 27.7 Å². The van der Waals surface area contributed by atoms with Crippen LogP contribution in [0.4, 0.5) is 0 Å². The van der Waals surface area contributed by atoms with Crippen molar-refractivity contribution < 1.29 is 4.79 Å². The topological polar surface area (TPSA) is 42.0 Å². The van der Waals surface area contributed by atoms with Gasteiger partial charge in [0.1, 0.15) is 0 Å². The number of rotatable bonds is 3. The molecule has 3 nitrogen and oxygen atoms in total. The van der Waals surface area contributed by atoms with Crippen molar-refractivity contribution in [3.8, 4) is 0 Å². The van der Waals surface area contributed by atoms with Gasteiger partial charge in [-0.05, 0) is 44.5 Å². The van der Waals surface area contributed by atoms with Crippen LogP contribution >= 0.6 is 0 Å². The zero-order chi connectivity index (χ0) is 16.4. The van der Waals surface area contributed by atoms with E-state index in [1.54, 1.807) is 0 Å². The average molecular weight is 304 g/mol. The Hall–Kier alpha value is -2.68. The van der Waals surface area contributed by atoms with Crippen molar-refractivity contribution in [1.29, 1.82) is 0 Å². The number of carbonyl (C=O) groups is 1. The maximum Gasteiger partial charge on any atom is 0.252 e. The van der Waals surface area contributed by atoms with Crippen LogP contribution in [-0.4, -0.2) is 10.9 Å². The van der Waals surface area contributed by atoms with Gasteiger partial charge in [0.15, 0.2) is 0 Å². The van der Waals surface area contributed by atoms with Crippen molar-refractivity contribution in [2.24, 2.45) is 0 Å². The number of benzene rings is 2. The summed E-state index contributed by atoms with van der Waals surface area (Å²) in [6.45, 7) is 6.51. The van der Waals surface area contributed by atoms with Crippen LogP contribution in [0.15, 0.2) is 48.5 Å². The maximum atomic E-state index is 12.6. The average Bonchev–Trinajstić information content (AvgIpc) is 2.52. The quantitative estimate of drug-likeness (QED) is 0.792. The zero-order valence-electron chi connectivity index (χ0n) is 13.7. The molecule has 3 heteroatoms. The Morgan fingerprint density at radius 2 is 1.78 bits per heavy atom. The molecule has 1 aromatic heterocycles. The Labute approximate surface area is 136 Å². The second-order valence-corrected chi connectivity index (χ2v) is 6.00. The molecule has 0 spiro atoms. The van der Waals surface area contributed by atoms with Crippen molar-refractivity contribution in [3.63, 3.8) is 0 Å². The van der Waals surface area contributed by atoms with Crippen molar-refractivity contribution in [2.45, 2.75) is 27.3 Å². The van der Waals surface area contributed by atoms with E-state index in [9.17, 15) is 4.79 Å². The summed E-state index contributed by atoms with van der Waals surface area (Å²) in [4.78, 5) is 17.2. The molecule has 1 N–H and O–H groups in total. The Balaban J connectivity index is 1.90. The fraction of sp³-hybridized carbons (Fsp3) is 0.200. The molecule has 1 amide bonds. The van der Waals surface area contributed by atoms with Gasteiger partial charge >= 0.3 is 0 Å². The molecule has 116 valence electrons. The maximum absolute atomic E-state index is 12.6. The summed E-state index contributed by atoms with van der Waals surface area (Å²) in [5.41, 5.74) is 5.81. The molecule has 0 atom stereocenters. The summed E-state index contributed by atoms with van der Waals surface area (Å²) in [5.74, 6) is -0.0624. The molecule has 0 aliphatic rings. The molecule has 0 aliphatic heterocycles. The Kier molecular flexibility index (Phi) is 4.11. The number of amides is 1. The lowest BCUT2D eigenvalue weighted by Crippen LogP contribution is -2.23. The molecular weight excluding hydrogens is 284 g/mol. The van der Waals surface area contributed by atoms with E-state index >= 15 is 0 Å². The third kappa shape index (κ3) is 3.39. The molecule has 1 heterocycles. The van der Waals surface area contributed by atoms with Crippen LogP contribution in [-0.2, 0) is 6.54 Å². The van der Waals surface area contributed by atoms with Crippen LogP contribution in [0.5, 0.6) is 0 Å². The van der Waals surface area contributed by atoms with Crippen LogP contribution in [0.1, 0.15) is 32.7 Å². The predicted molar refractivity (Wildman–Crippen MR) is 93.6 cm³/mol. The number of fused-ring (bicyclic) bond motifs is 1. The van der Waals surface area contributed by atoms with Crippen LogP contribution in [0.3, 0.4) is 0 Å². The monoisotopic (exact) mass is 304 g/mol. The Morgan fingerprint density at radius 3 is 2.57 bits per heavy atom. The van der Waals surface area contributed by atoms with Gasteiger partial charge in [-0.2, -0.15) is 0 Å². The standard InChI is InChI=1S/C20H20N2O/c1-13-5-4-6-16(9-13)12-21-20(23)18-11-15(3)22-19-8-7-14(2)10-17(18)19/h4-11H,12H2,1-3H3,(H,21,23). The molecule has 0 unspecified atom stereocenters. The van der Waals surface area contributed by atoms with E-state index in [-0.39, 0.29) is 5.91 Å². The van der Waals surface area contributed by atoms with Crippen LogP contribution < -0.4 is 5.32 Å². The molecule has 0 bridgehead atoms. The molecule has 0 fully saturated rings. The highest BCUT2D eigenvalue weighted by molar-refractivity contribution is 6.06. The Morgan fingerprint density at radius 1 is 1.00 bits per heavy atom. The highest BCUT2D eigenvalue weighted by Gasteiger charge is 2.12. The van der Waals surface area contributed by atoms with E-state index in [0.29, 0.717) is 12.1 Å². The van der Waals surface area contributed by atoms with E-state index in [1.165, 1.54) is 5.56 Å². The smallest absolute Gasteiger partial charge is 0.252 e. The summed E-state index contributed by atoms with van der Waals surface area (Å²) in [6.07, 6.45) is 0. The Bertz CT molecular complexity index is 884. The number of nitrogens with zero attached hydrogens (tertiary/aromatic N) is 1. The first-order valence-corrected chi connectivity index (χ1v) is 7.75. The summed E-state index contributed by atoms with van der Waals surface area (Å²) < 4.78 is 0. The van der Waals surface area contributed by atoms with Crippen molar-refractivity contribution in [3.05, 3.63) is 76.5 Å². The normalized spacial score (nSPS) is 10.7. The number of hydrogen-bond acceptors (Lipinski definition) is 2. The molecule has 0 aliphatic carbocycles. The van der Waals surface area contributed by atoms with Gasteiger partial charge in [-0.15, -0.1) is 0 Å². The highest BCUT2D eigenvalue weighted by Crippen LogP contribution is 2.20. The van der Waals surface area contributed by atoms with E-state index in [4.69, 9.17) is 0 Å². The number of nitrogens with one attached hydrogen (secondary N) is 1. The highest BCUT2D eigenvalue weighted by atomic mass is 16.1. The summed E-state index contributed by atoms with van der Waals surface area (Å²) >= 11 is 0. The van der Waals surface area contributed by atoms with Gasteiger partial charge in [0.2, 0.25) is 0 Å². The lowest BCUT2D eigenvalue weighted by atomic mass is 10.0. The lowest BCUT2D eigenvalue weighted by molar-refractivity contribution is 0.0952. The van der Waals surface area contributed by atoms with Gasteiger partial charge in [-0.25, -0.2) is 0 Å². The number of carbonyl (C=O) groups excluding carboxylic acids is 1. The minimum absolute atomic E-state index is 0.0624. The first-order valence-electron chi connectivity index (χ1n) is 7.75. The van der Waals surface area contributed by atoms with Gasteiger partial charge in [0.05, 0.1) is 11.1 Å². The SMILES string of the molecule is Cc1cccc(CNC(=O)c2cc(C)nc3ccc(C)cc23)c1. The second-order valence-electron chi connectivity index (χ2n) is 6.00. The number of aromatic nitrogens is 1. The number of hydrogen-bond donors (Lipinski definition) is 1. The van der Waals surface area contributed by atoms with Gasteiger partial charge in [-0.1, -0.05) is 41.5 Å². The van der Waals surface area contributed by atoms with Gasteiger partial charge in [-0.3, -0.25) is 9.78 Å². The summed E-state index contributed by atoms with van der Waals surface area (Å²) in [5, 5.41) is 3.91. The number of pyridine rings is 1. The molecule has 23 heavy (non-hydrogen) atoms. The minimum Gasteiger partial charge on any atom is -0.348 e. The minimum atomic E-state index is -0.0624. The fourth-order valence-electron chi connectivity index (χ4n) is 2.76. The fourth-order valence-corrected chi connectivity index (χ4v) is 2.76. The summed E-state index contributed by atoms with van der Waals surface area (Å²) in [6, 6.07) is 16.0. The predicted octanol–water partition coefficient (Wildman–Crippen LogP) is 4.09. The van der Waals surface area contributed by atoms with Crippen molar-refractivity contribution in [2.75, 3.05) is 0 Å².